The van der Waals surface area contributed by atoms with E-state index in [1.807, 2.05) is 6.92 Å². The number of hydroxylamine groups is 1. The maximum atomic E-state index is 11.3. The van der Waals surface area contributed by atoms with Crippen molar-refractivity contribution in [1.82, 2.24) is 5.48 Å². The minimum absolute atomic E-state index is 0.0678. The Labute approximate surface area is 96.8 Å². The molecule has 0 atom stereocenters. The summed E-state index contributed by atoms with van der Waals surface area (Å²) in [5.41, 5.74) is 6.10. The van der Waals surface area contributed by atoms with Crippen molar-refractivity contribution < 1.29 is 9.63 Å². The fourth-order valence-electron chi connectivity index (χ4n) is 1.58. The molecule has 1 aromatic rings. The molecule has 0 fully saturated rings. The molecule has 16 heavy (non-hydrogen) atoms. The first-order chi connectivity index (χ1) is 7.63. The van der Waals surface area contributed by atoms with Crippen molar-refractivity contribution in [2.24, 2.45) is 0 Å². The van der Waals surface area contributed by atoms with E-state index in [1.165, 1.54) is 16.7 Å². The molecule has 1 amide bonds. The van der Waals surface area contributed by atoms with Crippen LogP contribution in [0.5, 0.6) is 0 Å². The molecule has 0 aliphatic rings. The summed E-state index contributed by atoms with van der Waals surface area (Å²) in [6.45, 7) is 6.47. The van der Waals surface area contributed by atoms with Crippen molar-refractivity contribution in [2.45, 2.75) is 33.6 Å². The van der Waals surface area contributed by atoms with Gasteiger partial charge in [0.25, 0.3) is 0 Å². The van der Waals surface area contributed by atoms with Crippen molar-refractivity contribution in [1.29, 1.82) is 0 Å². The average Bonchev–Trinajstić information content (AvgIpc) is 2.25. The van der Waals surface area contributed by atoms with Crippen molar-refractivity contribution in [3.63, 3.8) is 0 Å². The van der Waals surface area contributed by atoms with Crippen molar-refractivity contribution in [3.05, 3.63) is 34.9 Å². The van der Waals surface area contributed by atoms with E-state index in [-0.39, 0.29) is 5.91 Å². The molecular weight excluding hydrogens is 202 g/mol. The Bertz CT molecular complexity index is 361. The second kappa shape index (κ2) is 6.28. The first-order valence-corrected chi connectivity index (χ1v) is 5.60. The molecular formula is C13H19NO2. The van der Waals surface area contributed by atoms with E-state index in [1.54, 1.807) is 0 Å². The van der Waals surface area contributed by atoms with Gasteiger partial charge in [0.2, 0.25) is 5.91 Å². The highest BCUT2D eigenvalue weighted by Crippen LogP contribution is 2.12. The van der Waals surface area contributed by atoms with Gasteiger partial charge in [-0.3, -0.25) is 9.63 Å². The predicted molar refractivity (Wildman–Crippen MR) is 64.0 cm³/mol. The molecule has 0 saturated carbocycles. The molecule has 0 spiro atoms. The number of carbonyl (C=O) groups excluding carboxylic acids is 1. The Kier molecular flexibility index (Phi) is 4.99. The van der Waals surface area contributed by atoms with Gasteiger partial charge in [-0.05, 0) is 38.3 Å². The third-order valence-electron chi connectivity index (χ3n) is 2.45. The number of benzene rings is 1. The van der Waals surface area contributed by atoms with Gasteiger partial charge in [0.15, 0.2) is 0 Å². The highest BCUT2D eigenvalue weighted by molar-refractivity contribution is 5.75. The lowest BCUT2D eigenvalue weighted by molar-refractivity contribution is -0.133. The van der Waals surface area contributed by atoms with Crippen LogP contribution in [0.15, 0.2) is 18.2 Å². The zero-order chi connectivity index (χ0) is 12.0. The van der Waals surface area contributed by atoms with Gasteiger partial charge in [-0.25, -0.2) is 5.48 Å². The lowest BCUT2D eigenvalue weighted by atomic mass is 10.0. The smallest absolute Gasteiger partial charge is 0.243 e. The number of amides is 1. The number of nitrogens with one attached hydrogen (secondary N) is 1. The molecule has 0 bridgehead atoms. The maximum Gasteiger partial charge on any atom is 0.243 e. The topological polar surface area (TPSA) is 38.3 Å². The van der Waals surface area contributed by atoms with Gasteiger partial charge in [0.1, 0.15) is 0 Å². The van der Waals surface area contributed by atoms with Crippen LogP contribution in [0.4, 0.5) is 0 Å². The molecule has 3 heteroatoms. The number of carbonyl (C=O) groups is 1. The molecule has 1 aromatic carbocycles. The van der Waals surface area contributed by atoms with Crippen molar-refractivity contribution >= 4 is 5.91 Å². The van der Waals surface area contributed by atoms with E-state index in [0.29, 0.717) is 13.0 Å². The van der Waals surface area contributed by atoms with E-state index in [0.717, 1.165) is 6.42 Å². The lowest BCUT2D eigenvalue weighted by Crippen LogP contribution is -2.23. The van der Waals surface area contributed by atoms with Gasteiger partial charge >= 0.3 is 0 Å². The van der Waals surface area contributed by atoms with Crippen LogP contribution in [0.1, 0.15) is 30.0 Å². The third kappa shape index (κ3) is 4.03. The van der Waals surface area contributed by atoms with E-state index in [9.17, 15) is 4.79 Å². The Balaban J connectivity index is 2.45. The van der Waals surface area contributed by atoms with E-state index in [2.05, 4.69) is 37.5 Å². The van der Waals surface area contributed by atoms with Crippen LogP contribution in [0.25, 0.3) is 0 Å². The first-order valence-electron chi connectivity index (χ1n) is 5.60. The number of hydrogen-bond acceptors (Lipinski definition) is 2. The van der Waals surface area contributed by atoms with E-state index < -0.39 is 0 Å². The molecule has 0 aromatic heterocycles. The summed E-state index contributed by atoms with van der Waals surface area (Å²) in [6.07, 6.45) is 1.22. The van der Waals surface area contributed by atoms with Gasteiger partial charge in [-0.1, -0.05) is 23.8 Å². The molecule has 0 saturated heterocycles. The van der Waals surface area contributed by atoms with Gasteiger partial charge in [0, 0.05) is 6.42 Å². The van der Waals surface area contributed by atoms with Gasteiger partial charge in [-0.2, -0.15) is 0 Å². The van der Waals surface area contributed by atoms with Crippen molar-refractivity contribution in [3.8, 4) is 0 Å². The summed E-state index contributed by atoms with van der Waals surface area (Å²) >= 11 is 0. The molecule has 3 nitrogen and oxygen atoms in total. The minimum atomic E-state index is -0.0678. The second-order valence-electron chi connectivity index (χ2n) is 3.89. The molecule has 0 aliphatic heterocycles. The van der Waals surface area contributed by atoms with Gasteiger partial charge in [0.05, 0.1) is 6.61 Å². The molecule has 0 heterocycles. The quantitative estimate of drug-likeness (QED) is 0.775. The molecule has 88 valence electrons. The average molecular weight is 221 g/mol. The normalized spacial score (nSPS) is 10.2. The number of rotatable bonds is 5. The molecule has 0 radical (unpaired) electrons. The Morgan fingerprint density at radius 3 is 2.75 bits per heavy atom. The summed E-state index contributed by atoms with van der Waals surface area (Å²) in [5.74, 6) is -0.0678. The Morgan fingerprint density at radius 1 is 1.38 bits per heavy atom. The fraction of sp³-hybridized carbons (Fsp3) is 0.462. The van der Waals surface area contributed by atoms with Crippen LogP contribution >= 0.6 is 0 Å². The molecule has 1 rings (SSSR count). The summed E-state index contributed by atoms with van der Waals surface area (Å²) in [5, 5.41) is 0. The lowest BCUT2D eigenvalue weighted by Gasteiger charge is -2.07. The number of aryl methyl sites for hydroxylation is 3. The molecule has 0 unspecified atom stereocenters. The molecule has 1 N–H and O–H groups in total. The van der Waals surface area contributed by atoms with Gasteiger partial charge < -0.3 is 0 Å². The summed E-state index contributed by atoms with van der Waals surface area (Å²) in [6, 6.07) is 6.29. The first kappa shape index (κ1) is 12.7. The van der Waals surface area contributed by atoms with Crippen LogP contribution in [0.3, 0.4) is 0 Å². The largest absolute Gasteiger partial charge is 0.274 e. The molecule has 0 aliphatic carbocycles. The fourth-order valence-corrected chi connectivity index (χ4v) is 1.58. The van der Waals surface area contributed by atoms with Crippen LogP contribution in [-0.4, -0.2) is 12.5 Å². The van der Waals surface area contributed by atoms with E-state index in [4.69, 9.17) is 4.84 Å². The monoisotopic (exact) mass is 221 g/mol. The third-order valence-corrected chi connectivity index (χ3v) is 2.45. The standard InChI is InChI=1S/C13H19NO2/c1-4-16-14-13(15)8-7-12-6-5-10(2)9-11(12)3/h5-6,9H,4,7-8H2,1-3H3,(H,14,15). The maximum absolute atomic E-state index is 11.3. The highest BCUT2D eigenvalue weighted by Gasteiger charge is 2.03. The van der Waals surface area contributed by atoms with Crippen LogP contribution in [0, 0.1) is 13.8 Å². The number of hydrogen-bond donors (Lipinski definition) is 1. The Hall–Kier alpha value is -1.35. The van der Waals surface area contributed by atoms with Crippen LogP contribution in [0.2, 0.25) is 0 Å². The SMILES string of the molecule is CCONC(=O)CCc1ccc(C)cc1C. The predicted octanol–water partition coefficient (Wildman–Crippen LogP) is 2.30. The summed E-state index contributed by atoms with van der Waals surface area (Å²) in [7, 11) is 0. The minimum Gasteiger partial charge on any atom is -0.274 e. The second-order valence-corrected chi connectivity index (χ2v) is 3.89. The van der Waals surface area contributed by atoms with Gasteiger partial charge in [-0.15, -0.1) is 0 Å². The summed E-state index contributed by atoms with van der Waals surface area (Å²) < 4.78 is 0. The zero-order valence-corrected chi connectivity index (χ0v) is 10.2. The summed E-state index contributed by atoms with van der Waals surface area (Å²) in [4.78, 5) is 16.2. The highest BCUT2D eigenvalue weighted by atomic mass is 16.6. The Morgan fingerprint density at radius 2 is 2.12 bits per heavy atom. The van der Waals surface area contributed by atoms with Crippen LogP contribution in [-0.2, 0) is 16.1 Å². The van der Waals surface area contributed by atoms with Crippen molar-refractivity contribution in [2.75, 3.05) is 6.61 Å². The zero-order valence-electron chi connectivity index (χ0n) is 10.2. The van der Waals surface area contributed by atoms with Crippen LogP contribution < -0.4 is 5.48 Å². The van der Waals surface area contributed by atoms with E-state index >= 15 is 0 Å².